The summed E-state index contributed by atoms with van der Waals surface area (Å²) in [6, 6.07) is 39.3. The van der Waals surface area contributed by atoms with Crippen LogP contribution in [0.25, 0.3) is 50.1 Å². The summed E-state index contributed by atoms with van der Waals surface area (Å²) in [5, 5.41) is 10.00. The normalized spacial score (nSPS) is 16.0. The number of hydrogen-bond donors (Lipinski definition) is 2. The number of furan rings is 2. The van der Waals surface area contributed by atoms with Gasteiger partial charge in [0.2, 0.25) is 0 Å². The summed E-state index contributed by atoms with van der Waals surface area (Å²) in [6.07, 6.45) is 3.55. The molecule has 0 radical (unpaired) electrons. The Bertz CT molecular complexity index is 2310. The Morgan fingerprint density at radius 2 is 1.30 bits per heavy atom. The molecule has 0 amide bonds. The molecule has 4 heterocycles. The molecule has 7 aromatic rings. The zero-order valence-corrected chi connectivity index (χ0v) is 23.6. The van der Waals surface area contributed by atoms with Crippen LogP contribution < -0.4 is 10.6 Å². The van der Waals surface area contributed by atoms with Gasteiger partial charge in [0.05, 0.1) is 6.54 Å². The van der Waals surface area contributed by atoms with Gasteiger partial charge in [-0.1, -0.05) is 97.1 Å². The molecule has 6 heteroatoms. The van der Waals surface area contributed by atoms with Gasteiger partial charge in [-0.05, 0) is 41.6 Å². The fraction of sp³-hybridized carbons (Fsp3) is 0.0526. The van der Waals surface area contributed by atoms with Gasteiger partial charge in [0.25, 0.3) is 0 Å². The first-order valence-electron chi connectivity index (χ1n) is 14.7. The summed E-state index contributed by atoms with van der Waals surface area (Å²) in [6.45, 7) is 0.651. The Labute approximate surface area is 253 Å². The fourth-order valence-corrected chi connectivity index (χ4v) is 6.36. The summed E-state index contributed by atoms with van der Waals surface area (Å²) in [4.78, 5) is 10.5. The molecule has 9 rings (SSSR count). The van der Waals surface area contributed by atoms with Crippen LogP contribution in [0.3, 0.4) is 0 Å². The molecule has 5 aromatic carbocycles. The standard InChI is InChI=1S/C38H26N4O2/c1-2-8-23(9-3-1)24-16-18-25(19-17-24)36-40-37(28-11-6-14-31-34(28)26-10-4-5-13-30(26)43-31)42-38(41-36)29-12-7-15-32-35(29)27-20-21-39-22-33(27)44-32/h1-21,37,39H,22H2,(H,40,41,42). The summed E-state index contributed by atoms with van der Waals surface area (Å²) in [5.74, 6) is 2.43. The van der Waals surface area contributed by atoms with Crippen molar-refractivity contribution in [1.82, 2.24) is 10.6 Å². The van der Waals surface area contributed by atoms with Crippen molar-refractivity contribution in [3.05, 3.63) is 149 Å². The van der Waals surface area contributed by atoms with Crippen molar-refractivity contribution in [2.24, 2.45) is 9.98 Å². The third kappa shape index (κ3) is 3.96. The number of nitrogens with one attached hydrogen (secondary N) is 2. The molecular weight excluding hydrogens is 544 g/mol. The lowest BCUT2D eigenvalue weighted by Gasteiger charge is -2.23. The summed E-state index contributed by atoms with van der Waals surface area (Å²) < 4.78 is 12.5. The molecular formula is C38H26N4O2. The van der Waals surface area contributed by atoms with E-state index in [0.717, 1.165) is 78.2 Å². The van der Waals surface area contributed by atoms with Gasteiger partial charge in [0.15, 0.2) is 6.17 Å². The van der Waals surface area contributed by atoms with Crippen LogP contribution >= 0.6 is 0 Å². The molecule has 0 fully saturated rings. The Morgan fingerprint density at radius 1 is 0.591 bits per heavy atom. The summed E-state index contributed by atoms with van der Waals surface area (Å²) in [7, 11) is 0. The molecule has 2 N–H and O–H groups in total. The van der Waals surface area contributed by atoms with Crippen LogP contribution in [0.2, 0.25) is 0 Å². The van der Waals surface area contributed by atoms with E-state index in [9.17, 15) is 0 Å². The molecule has 44 heavy (non-hydrogen) atoms. The molecule has 2 aliphatic rings. The van der Waals surface area contributed by atoms with Gasteiger partial charge >= 0.3 is 0 Å². The number of benzene rings is 5. The Kier molecular flexibility index (Phi) is 5.53. The van der Waals surface area contributed by atoms with E-state index in [-0.39, 0.29) is 0 Å². The van der Waals surface area contributed by atoms with E-state index < -0.39 is 6.17 Å². The van der Waals surface area contributed by atoms with E-state index in [0.29, 0.717) is 6.54 Å². The molecule has 1 unspecified atom stereocenters. The molecule has 0 saturated carbocycles. The number of fused-ring (bicyclic) bond motifs is 6. The van der Waals surface area contributed by atoms with E-state index >= 15 is 0 Å². The van der Waals surface area contributed by atoms with E-state index in [1.165, 1.54) is 5.56 Å². The average molecular weight is 571 g/mol. The number of rotatable bonds is 4. The largest absolute Gasteiger partial charge is 0.459 e. The lowest BCUT2D eigenvalue weighted by atomic mass is 10.00. The Morgan fingerprint density at radius 3 is 2.18 bits per heavy atom. The maximum Gasteiger partial charge on any atom is 0.170 e. The lowest BCUT2D eigenvalue weighted by Crippen LogP contribution is -2.36. The molecule has 2 aliphatic heterocycles. The SMILES string of the molecule is C1=Cc2c(oc3cccc(C4=NC(c5cccc6oc7ccccc7c56)N=C(c5ccc(-c6ccccc6)cc5)N4)c23)CN1. The van der Waals surface area contributed by atoms with Gasteiger partial charge in [-0.25, -0.2) is 9.98 Å². The first-order chi connectivity index (χ1) is 21.8. The number of nitrogens with zero attached hydrogens (tertiary/aromatic N) is 2. The van der Waals surface area contributed by atoms with Crippen molar-refractivity contribution in [3.8, 4) is 11.1 Å². The van der Waals surface area contributed by atoms with Crippen LogP contribution in [0.1, 0.15) is 34.2 Å². The number of aliphatic imine (C=N–C) groups is 2. The first kappa shape index (κ1) is 24.7. The van der Waals surface area contributed by atoms with Crippen molar-refractivity contribution < 1.29 is 8.83 Å². The topological polar surface area (TPSA) is 75.1 Å². The zero-order valence-electron chi connectivity index (χ0n) is 23.6. The predicted molar refractivity (Wildman–Crippen MR) is 177 cm³/mol. The van der Waals surface area contributed by atoms with Crippen molar-refractivity contribution in [1.29, 1.82) is 0 Å². The van der Waals surface area contributed by atoms with Crippen LogP contribution in [-0.4, -0.2) is 11.7 Å². The second-order valence-corrected chi connectivity index (χ2v) is 11.0. The highest BCUT2D eigenvalue weighted by Gasteiger charge is 2.26. The lowest BCUT2D eigenvalue weighted by molar-refractivity contribution is 0.532. The molecule has 0 bridgehead atoms. The third-order valence-electron chi connectivity index (χ3n) is 8.43. The second kappa shape index (κ2) is 9.85. The quantitative estimate of drug-likeness (QED) is 0.222. The number of para-hydroxylation sites is 1. The molecule has 2 aromatic heterocycles. The second-order valence-electron chi connectivity index (χ2n) is 11.0. The minimum Gasteiger partial charge on any atom is -0.459 e. The zero-order chi connectivity index (χ0) is 29.0. The molecule has 0 saturated heterocycles. The highest BCUT2D eigenvalue weighted by Crippen LogP contribution is 2.38. The van der Waals surface area contributed by atoms with Gasteiger partial charge in [0, 0.05) is 38.4 Å². The van der Waals surface area contributed by atoms with E-state index in [2.05, 4.69) is 83.4 Å². The van der Waals surface area contributed by atoms with Crippen LogP contribution in [-0.2, 0) is 6.54 Å². The summed E-state index contributed by atoms with van der Waals surface area (Å²) >= 11 is 0. The number of amidine groups is 2. The van der Waals surface area contributed by atoms with Gasteiger partial charge in [-0.15, -0.1) is 0 Å². The Hall–Kier alpha value is -5.88. The monoisotopic (exact) mass is 570 g/mol. The van der Waals surface area contributed by atoms with Gasteiger partial charge < -0.3 is 19.5 Å². The minimum atomic E-state index is -0.491. The predicted octanol–water partition coefficient (Wildman–Crippen LogP) is 8.57. The van der Waals surface area contributed by atoms with Crippen molar-refractivity contribution >= 4 is 50.7 Å². The van der Waals surface area contributed by atoms with Crippen LogP contribution in [0.4, 0.5) is 0 Å². The maximum absolute atomic E-state index is 6.26. The van der Waals surface area contributed by atoms with E-state index in [1.807, 2.05) is 54.7 Å². The Balaban J connectivity index is 1.23. The minimum absolute atomic E-state index is 0.491. The highest BCUT2D eigenvalue weighted by atomic mass is 16.3. The van der Waals surface area contributed by atoms with Gasteiger partial charge in [-0.3, -0.25) is 0 Å². The van der Waals surface area contributed by atoms with E-state index in [4.69, 9.17) is 18.8 Å². The smallest absolute Gasteiger partial charge is 0.170 e. The maximum atomic E-state index is 6.26. The van der Waals surface area contributed by atoms with Crippen LogP contribution in [0, 0.1) is 0 Å². The van der Waals surface area contributed by atoms with Crippen molar-refractivity contribution in [2.75, 3.05) is 0 Å². The van der Waals surface area contributed by atoms with Crippen LogP contribution in [0.15, 0.2) is 140 Å². The molecule has 6 nitrogen and oxygen atoms in total. The van der Waals surface area contributed by atoms with Crippen molar-refractivity contribution in [3.63, 3.8) is 0 Å². The third-order valence-corrected chi connectivity index (χ3v) is 8.43. The molecule has 1 atom stereocenters. The van der Waals surface area contributed by atoms with Gasteiger partial charge in [-0.2, -0.15) is 0 Å². The average Bonchev–Trinajstić information content (AvgIpc) is 3.67. The van der Waals surface area contributed by atoms with Crippen LogP contribution in [0.5, 0.6) is 0 Å². The highest BCUT2D eigenvalue weighted by molar-refractivity contribution is 6.21. The molecule has 210 valence electrons. The van der Waals surface area contributed by atoms with Gasteiger partial charge in [0.1, 0.15) is 34.2 Å². The number of hydrogen-bond acceptors (Lipinski definition) is 6. The molecule has 0 aliphatic carbocycles. The van der Waals surface area contributed by atoms with E-state index in [1.54, 1.807) is 0 Å². The van der Waals surface area contributed by atoms with Crippen molar-refractivity contribution in [2.45, 2.75) is 12.7 Å². The fourth-order valence-electron chi connectivity index (χ4n) is 6.36. The first-order valence-corrected chi connectivity index (χ1v) is 14.7. The summed E-state index contributed by atoms with van der Waals surface area (Å²) in [5.41, 5.74) is 8.87. The molecule has 0 spiro atoms.